The van der Waals surface area contributed by atoms with E-state index in [2.05, 4.69) is 4.90 Å². The fraction of sp³-hybridized carbons (Fsp3) is 0.882. The molecule has 2 saturated heterocycles. The number of nitrogens with zero attached hydrogens (tertiary/aromatic N) is 3. The van der Waals surface area contributed by atoms with Gasteiger partial charge in [-0.05, 0) is 38.8 Å². The van der Waals surface area contributed by atoms with Gasteiger partial charge in [-0.3, -0.25) is 14.5 Å². The van der Waals surface area contributed by atoms with Crippen molar-refractivity contribution in [1.29, 1.82) is 0 Å². The topological polar surface area (TPSA) is 43.9 Å². The van der Waals surface area contributed by atoms with Crippen molar-refractivity contribution >= 4 is 11.8 Å². The number of carbonyl (C=O) groups excluding carboxylic acids is 2. The molecular weight excluding hydrogens is 278 g/mol. The molecule has 2 amide bonds. The van der Waals surface area contributed by atoms with Crippen LogP contribution in [0.15, 0.2) is 0 Å². The summed E-state index contributed by atoms with van der Waals surface area (Å²) >= 11 is 0. The maximum Gasteiger partial charge on any atom is 0.228 e. The lowest BCUT2D eigenvalue weighted by Gasteiger charge is -2.43. The van der Waals surface area contributed by atoms with Gasteiger partial charge in [-0.15, -0.1) is 0 Å². The molecule has 5 heteroatoms. The second kappa shape index (κ2) is 6.57. The molecule has 3 atom stereocenters. The minimum atomic E-state index is -0.136. The Hall–Kier alpha value is -1.10. The predicted molar refractivity (Wildman–Crippen MR) is 85.4 cm³/mol. The van der Waals surface area contributed by atoms with Crippen molar-refractivity contribution in [3.05, 3.63) is 0 Å². The van der Waals surface area contributed by atoms with Crippen LogP contribution in [0.2, 0.25) is 0 Å². The van der Waals surface area contributed by atoms with E-state index >= 15 is 0 Å². The molecule has 2 heterocycles. The van der Waals surface area contributed by atoms with Crippen LogP contribution >= 0.6 is 0 Å². The summed E-state index contributed by atoms with van der Waals surface area (Å²) in [6.45, 7) is 2.96. The van der Waals surface area contributed by atoms with Crippen LogP contribution in [0.5, 0.6) is 0 Å². The van der Waals surface area contributed by atoms with Crippen molar-refractivity contribution in [1.82, 2.24) is 14.7 Å². The number of hydrogen-bond donors (Lipinski definition) is 0. The number of likely N-dealkylation sites (N-methyl/N-ethyl adjacent to an activating group) is 1. The summed E-state index contributed by atoms with van der Waals surface area (Å²) in [6.07, 6.45) is 7.80. The Morgan fingerprint density at radius 3 is 2.45 bits per heavy atom. The molecule has 1 unspecified atom stereocenters. The standard InChI is InChI=1S/C17H29N3O2/c1-18-12-13(11-16(18)21)17(22)19(2)14-7-3-4-8-15(14)20-9-5-6-10-20/h13-15H,3-12H2,1-2H3/t13?,14-,15-/m0/s1. The third kappa shape index (κ3) is 3.00. The van der Waals surface area contributed by atoms with E-state index in [4.69, 9.17) is 0 Å². The Balaban J connectivity index is 1.67. The summed E-state index contributed by atoms with van der Waals surface area (Å²) in [5, 5.41) is 0. The Kier molecular flexibility index (Phi) is 4.71. The molecule has 0 N–H and O–H groups in total. The summed E-state index contributed by atoms with van der Waals surface area (Å²) in [5.41, 5.74) is 0. The van der Waals surface area contributed by atoms with Crippen LogP contribution in [-0.4, -0.2) is 72.3 Å². The molecule has 3 aliphatic rings. The van der Waals surface area contributed by atoms with Crippen molar-refractivity contribution in [3.63, 3.8) is 0 Å². The first kappa shape index (κ1) is 15.8. The van der Waals surface area contributed by atoms with E-state index in [0.717, 1.165) is 6.42 Å². The molecule has 0 aromatic rings. The number of rotatable bonds is 3. The fourth-order valence-corrected chi connectivity index (χ4v) is 4.52. The van der Waals surface area contributed by atoms with Crippen LogP contribution in [0, 0.1) is 5.92 Å². The fourth-order valence-electron chi connectivity index (χ4n) is 4.52. The van der Waals surface area contributed by atoms with Gasteiger partial charge in [0.2, 0.25) is 11.8 Å². The average Bonchev–Trinajstić information content (AvgIpc) is 3.17. The van der Waals surface area contributed by atoms with Crippen LogP contribution in [0.4, 0.5) is 0 Å². The number of carbonyl (C=O) groups is 2. The summed E-state index contributed by atoms with van der Waals surface area (Å²) in [7, 11) is 3.76. The van der Waals surface area contributed by atoms with Crippen molar-refractivity contribution in [2.24, 2.45) is 5.92 Å². The maximum atomic E-state index is 12.8. The first-order chi connectivity index (χ1) is 10.6. The minimum absolute atomic E-state index is 0.103. The highest BCUT2D eigenvalue weighted by Crippen LogP contribution is 2.30. The van der Waals surface area contributed by atoms with Gasteiger partial charge in [0.15, 0.2) is 0 Å². The molecular formula is C17H29N3O2. The normalized spacial score (nSPS) is 33.5. The summed E-state index contributed by atoms with van der Waals surface area (Å²) in [5.74, 6) is 0.143. The largest absolute Gasteiger partial charge is 0.345 e. The quantitative estimate of drug-likeness (QED) is 0.790. The summed E-state index contributed by atoms with van der Waals surface area (Å²) in [6, 6.07) is 0.861. The highest BCUT2D eigenvalue weighted by Gasteiger charge is 2.40. The zero-order chi connectivity index (χ0) is 15.7. The molecule has 0 radical (unpaired) electrons. The molecule has 0 aromatic carbocycles. The van der Waals surface area contributed by atoms with E-state index in [1.165, 1.54) is 45.2 Å². The smallest absolute Gasteiger partial charge is 0.228 e. The lowest BCUT2D eigenvalue weighted by Crippen LogP contribution is -2.54. The minimum Gasteiger partial charge on any atom is -0.345 e. The molecule has 5 nitrogen and oxygen atoms in total. The van der Waals surface area contributed by atoms with Crippen LogP contribution in [0.3, 0.4) is 0 Å². The molecule has 22 heavy (non-hydrogen) atoms. The van der Waals surface area contributed by atoms with Gasteiger partial charge in [-0.2, -0.15) is 0 Å². The number of amides is 2. The lowest BCUT2D eigenvalue weighted by atomic mass is 9.87. The van der Waals surface area contributed by atoms with Gasteiger partial charge in [-0.25, -0.2) is 0 Å². The molecule has 0 aromatic heterocycles. The molecule has 0 bridgehead atoms. The molecule has 124 valence electrons. The van der Waals surface area contributed by atoms with Gasteiger partial charge in [-0.1, -0.05) is 12.8 Å². The van der Waals surface area contributed by atoms with E-state index in [1.807, 2.05) is 11.9 Å². The van der Waals surface area contributed by atoms with E-state index < -0.39 is 0 Å². The van der Waals surface area contributed by atoms with Crippen LogP contribution in [0.1, 0.15) is 44.9 Å². The Bertz CT molecular complexity index is 434. The molecule has 0 spiro atoms. The monoisotopic (exact) mass is 307 g/mol. The number of hydrogen-bond acceptors (Lipinski definition) is 3. The van der Waals surface area contributed by atoms with Crippen molar-refractivity contribution < 1.29 is 9.59 Å². The van der Waals surface area contributed by atoms with Gasteiger partial charge in [0.25, 0.3) is 0 Å². The lowest BCUT2D eigenvalue weighted by molar-refractivity contribution is -0.138. The third-order valence-electron chi connectivity index (χ3n) is 5.84. The van der Waals surface area contributed by atoms with Crippen LogP contribution in [0.25, 0.3) is 0 Å². The predicted octanol–water partition coefficient (Wildman–Crippen LogP) is 1.33. The Morgan fingerprint density at radius 1 is 1.14 bits per heavy atom. The van der Waals surface area contributed by atoms with Crippen LogP contribution < -0.4 is 0 Å². The third-order valence-corrected chi connectivity index (χ3v) is 5.84. The summed E-state index contributed by atoms with van der Waals surface area (Å²) < 4.78 is 0. The number of likely N-dealkylation sites (tertiary alicyclic amines) is 2. The van der Waals surface area contributed by atoms with Gasteiger partial charge < -0.3 is 9.80 Å². The van der Waals surface area contributed by atoms with E-state index in [1.54, 1.807) is 11.9 Å². The van der Waals surface area contributed by atoms with E-state index in [-0.39, 0.29) is 17.7 Å². The molecule has 1 aliphatic carbocycles. The van der Waals surface area contributed by atoms with E-state index in [0.29, 0.717) is 25.0 Å². The summed E-state index contributed by atoms with van der Waals surface area (Å²) in [4.78, 5) is 30.8. The first-order valence-corrected chi connectivity index (χ1v) is 8.82. The van der Waals surface area contributed by atoms with Crippen molar-refractivity contribution in [2.75, 3.05) is 33.7 Å². The SMILES string of the molecule is CN1CC(C(=O)N(C)[C@H]2CCCC[C@@H]2N2CCCC2)CC1=O. The van der Waals surface area contributed by atoms with E-state index in [9.17, 15) is 9.59 Å². The molecule has 3 rings (SSSR count). The maximum absolute atomic E-state index is 12.8. The van der Waals surface area contributed by atoms with Crippen molar-refractivity contribution in [3.8, 4) is 0 Å². The average molecular weight is 307 g/mol. The molecule has 2 aliphatic heterocycles. The van der Waals surface area contributed by atoms with Gasteiger partial charge in [0.05, 0.1) is 5.92 Å². The molecule has 3 fully saturated rings. The van der Waals surface area contributed by atoms with Gasteiger partial charge in [0, 0.05) is 39.1 Å². The Labute approximate surface area is 133 Å². The molecule has 1 saturated carbocycles. The zero-order valence-electron chi connectivity index (χ0n) is 14.0. The Morgan fingerprint density at radius 2 is 1.82 bits per heavy atom. The highest BCUT2D eigenvalue weighted by atomic mass is 16.2. The van der Waals surface area contributed by atoms with Gasteiger partial charge >= 0.3 is 0 Å². The highest BCUT2D eigenvalue weighted by molar-refractivity contribution is 5.89. The van der Waals surface area contributed by atoms with Crippen LogP contribution in [-0.2, 0) is 9.59 Å². The van der Waals surface area contributed by atoms with Gasteiger partial charge in [0.1, 0.15) is 0 Å². The first-order valence-electron chi connectivity index (χ1n) is 8.82. The second-order valence-electron chi connectivity index (χ2n) is 7.29. The van der Waals surface area contributed by atoms with Crippen molar-refractivity contribution in [2.45, 2.75) is 57.0 Å². The second-order valence-corrected chi connectivity index (χ2v) is 7.29. The zero-order valence-corrected chi connectivity index (χ0v) is 14.0.